The van der Waals surface area contributed by atoms with Gasteiger partial charge >= 0.3 is 0 Å². The summed E-state index contributed by atoms with van der Waals surface area (Å²) in [5, 5.41) is 4.89. The highest BCUT2D eigenvalue weighted by Crippen LogP contribution is 2.37. The Morgan fingerprint density at radius 3 is 2.29 bits per heavy atom. The topological polar surface area (TPSA) is 12.0 Å². The van der Waals surface area contributed by atoms with Gasteiger partial charge in [-0.3, -0.25) is 0 Å². The molecule has 1 unspecified atom stereocenters. The van der Waals surface area contributed by atoms with Crippen LogP contribution in [0.15, 0.2) is 42.6 Å². The second-order valence-electron chi connectivity index (χ2n) is 10.8. The van der Waals surface area contributed by atoms with Crippen LogP contribution >= 0.6 is 0 Å². The monoisotopic (exact) mass is 435 g/mol. The van der Waals surface area contributed by atoms with Crippen LogP contribution in [0.5, 0.6) is 0 Å². The van der Waals surface area contributed by atoms with E-state index in [2.05, 4.69) is 51.2 Å². The zero-order valence-corrected chi connectivity index (χ0v) is 20.5. The molecular weight excluding hydrogens is 404 g/mol. The fourth-order valence-electron chi connectivity index (χ4n) is 4.57. The molecule has 0 saturated heterocycles. The molecule has 1 heterocycles. The first kappa shape index (κ1) is 21.8. The van der Waals surface area contributed by atoms with Crippen LogP contribution in [0.25, 0.3) is 16.8 Å². The van der Waals surface area contributed by atoms with Gasteiger partial charge in [0.05, 0.1) is 14.1 Å². The normalized spacial score (nSPS) is 16.4. The second-order valence-corrected chi connectivity index (χ2v) is 15.8. The predicted molar refractivity (Wildman–Crippen MR) is 131 cm³/mol. The molecule has 1 N–H and O–H groups in total. The minimum absolute atomic E-state index is 0.0387. The molecule has 4 heteroatoms. The number of rotatable bonds is 2. The number of hydrogen-bond donors (Lipinski definition) is 1. The Kier molecular flexibility index (Phi) is 5.12. The molecule has 1 atom stereocenters. The molecule has 0 radical (unpaired) electrons. The molecule has 4 rings (SSSR count). The zero-order chi connectivity index (χ0) is 22.7. The standard InChI is InChI=1S/C27H31F2NSi/c1-16-12-17(14-18(13-16)27(2,3)4)25-21-9-8-20-22(19(21)10-11-30-25)15-23(28)26(24(20)29)31(5,6)7/h8-15,25,30H,1-7H3. The van der Waals surface area contributed by atoms with E-state index in [-0.39, 0.29) is 16.6 Å². The molecule has 0 fully saturated rings. The van der Waals surface area contributed by atoms with Crippen molar-refractivity contribution in [2.75, 3.05) is 0 Å². The fraction of sp³-hybridized carbons (Fsp3) is 0.333. The maximum absolute atomic E-state index is 15.4. The Morgan fingerprint density at radius 2 is 1.65 bits per heavy atom. The first-order valence-corrected chi connectivity index (χ1v) is 14.4. The lowest BCUT2D eigenvalue weighted by molar-refractivity contribution is 0.586. The summed E-state index contributed by atoms with van der Waals surface area (Å²) < 4.78 is 30.5. The molecule has 1 aliphatic rings. The average molecular weight is 436 g/mol. The van der Waals surface area contributed by atoms with Crippen LogP contribution in [0.2, 0.25) is 19.6 Å². The Balaban J connectivity index is 1.93. The quantitative estimate of drug-likeness (QED) is 0.430. The predicted octanol–water partition coefficient (Wildman–Crippen LogP) is 6.93. The van der Waals surface area contributed by atoms with Gasteiger partial charge in [-0.15, -0.1) is 0 Å². The van der Waals surface area contributed by atoms with Gasteiger partial charge in [0.1, 0.15) is 11.6 Å². The van der Waals surface area contributed by atoms with Crippen molar-refractivity contribution in [1.82, 2.24) is 5.32 Å². The molecular formula is C27H31F2NSi. The molecule has 0 saturated carbocycles. The van der Waals surface area contributed by atoms with Gasteiger partial charge in [0.2, 0.25) is 0 Å². The van der Waals surface area contributed by atoms with Gasteiger partial charge in [-0.25, -0.2) is 8.78 Å². The van der Waals surface area contributed by atoms with E-state index in [0.29, 0.717) is 10.8 Å². The highest BCUT2D eigenvalue weighted by molar-refractivity contribution is 6.89. The molecule has 0 spiro atoms. The Bertz CT molecular complexity index is 1210. The van der Waals surface area contributed by atoms with Gasteiger partial charge in [-0.1, -0.05) is 76.3 Å². The average Bonchev–Trinajstić information content (AvgIpc) is 2.65. The van der Waals surface area contributed by atoms with Crippen molar-refractivity contribution < 1.29 is 8.78 Å². The second kappa shape index (κ2) is 7.30. The van der Waals surface area contributed by atoms with Crippen LogP contribution in [0, 0.1) is 18.6 Å². The number of benzene rings is 3. The Labute approximate surface area is 185 Å². The van der Waals surface area contributed by atoms with Crippen molar-refractivity contribution in [2.45, 2.75) is 58.8 Å². The van der Waals surface area contributed by atoms with E-state index < -0.39 is 19.7 Å². The van der Waals surface area contributed by atoms with Crippen LogP contribution in [-0.2, 0) is 5.41 Å². The number of nitrogens with one attached hydrogen (secondary N) is 1. The fourth-order valence-corrected chi connectivity index (χ4v) is 6.15. The molecule has 3 aromatic rings. The Hall–Kier alpha value is -2.46. The number of fused-ring (bicyclic) bond motifs is 3. The molecule has 0 amide bonds. The third kappa shape index (κ3) is 3.82. The lowest BCUT2D eigenvalue weighted by Gasteiger charge is -2.28. The molecule has 3 aromatic carbocycles. The summed E-state index contributed by atoms with van der Waals surface area (Å²) in [5.41, 5.74) is 5.61. The summed E-state index contributed by atoms with van der Waals surface area (Å²) in [6.45, 7) is 14.7. The largest absolute Gasteiger partial charge is 0.380 e. The molecule has 31 heavy (non-hydrogen) atoms. The first-order valence-electron chi connectivity index (χ1n) is 10.9. The van der Waals surface area contributed by atoms with Gasteiger partial charge in [-0.2, -0.15) is 0 Å². The SMILES string of the molecule is Cc1cc(C2NC=Cc3c2ccc2c(F)c([Si](C)(C)C)c(F)cc32)cc(C(C)(C)C)c1. The molecule has 0 aromatic heterocycles. The van der Waals surface area contributed by atoms with Crippen molar-refractivity contribution in [1.29, 1.82) is 0 Å². The van der Waals surface area contributed by atoms with Crippen molar-refractivity contribution in [2.24, 2.45) is 0 Å². The van der Waals surface area contributed by atoms with Gasteiger partial charge in [0.15, 0.2) is 0 Å². The van der Waals surface area contributed by atoms with Gasteiger partial charge in [0.25, 0.3) is 0 Å². The molecule has 1 nitrogen and oxygen atoms in total. The maximum atomic E-state index is 15.4. The van der Waals surface area contributed by atoms with E-state index >= 15 is 8.78 Å². The van der Waals surface area contributed by atoms with E-state index in [1.165, 1.54) is 17.2 Å². The van der Waals surface area contributed by atoms with E-state index in [1.54, 1.807) is 0 Å². The molecule has 1 aliphatic heterocycles. The van der Waals surface area contributed by atoms with Crippen molar-refractivity contribution >= 4 is 30.1 Å². The number of aryl methyl sites for hydroxylation is 1. The van der Waals surface area contributed by atoms with E-state index in [0.717, 1.165) is 16.7 Å². The summed E-state index contributed by atoms with van der Waals surface area (Å²) in [4.78, 5) is 0. The minimum Gasteiger partial charge on any atom is -0.380 e. The van der Waals surface area contributed by atoms with E-state index in [9.17, 15) is 0 Å². The van der Waals surface area contributed by atoms with Crippen LogP contribution < -0.4 is 10.5 Å². The first-order chi connectivity index (χ1) is 14.4. The maximum Gasteiger partial charge on any atom is 0.133 e. The molecule has 0 bridgehead atoms. The summed E-state index contributed by atoms with van der Waals surface area (Å²) >= 11 is 0. The van der Waals surface area contributed by atoms with E-state index in [4.69, 9.17) is 0 Å². The van der Waals surface area contributed by atoms with Crippen LogP contribution in [-0.4, -0.2) is 8.07 Å². The van der Waals surface area contributed by atoms with Crippen molar-refractivity contribution in [3.63, 3.8) is 0 Å². The summed E-state index contributed by atoms with van der Waals surface area (Å²) in [6.07, 6.45) is 3.83. The summed E-state index contributed by atoms with van der Waals surface area (Å²) in [6, 6.07) is 11.9. The van der Waals surface area contributed by atoms with Gasteiger partial charge < -0.3 is 5.32 Å². The zero-order valence-electron chi connectivity index (χ0n) is 19.5. The number of hydrogen-bond acceptors (Lipinski definition) is 1. The summed E-state index contributed by atoms with van der Waals surface area (Å²) in [5.74, 6) is -0.822. The highest BCUT2D eigenvalue weighted by Gasteiger charge is 2.29. The lowest BCUT2D eigenvalue weighted by Crippen LogP contribution is -2.42. The lowest BCUT2D eigenvalue weighted by atomic mass is 9.82. The third-order valence-electron chi connectivity index (χ3n) is 6.16. The van der Waals surface area contributed by atoms with Gasteiger partial charge in [0, 0.05) is 10.6 Å². The van der Waals surface area contributed by atoms with Crippen LogP contribution in [0.4, 0.5) is 8.78 Å². The minimum atomic E-state index is -2.15. The third-order valence-corrected chi connectivity index (χ3v) is 8.12. The van der Waals surface area contributed by atoms with Crippen LogP contribution in [0.1, 0.15) is 54.6 Å². The number of halogens is 2. The van der Waals surface area contributed by atoms with Crippen molar-refractivity contribution in [3.05, 3.63) is 82.0 Å². The molecule has 162 valence electrons. The van der Waals surface area contributed by atoms with Crippen molar-refractivity contribution in [3.8, 4) is 0 Å². The highest BCUT2D eigenvalue weighted by atomic mass is 28.3. The smallest absolute Gasteiger partial charge is 0.133 e. The van der Waals surface area contributed by atoms with E-state index in [1.807, 2.05) is 44.0 Å². The Morgan fingerprint density at radius 1 is 0.935 bits per heavy atom. The van der Waals surface area contributed by atoms with Gasteiger partial charge in [-0.05, 0) is 58.3 Å². The van der Waals surface area contributed by atoms with Crippen LogP contribution in [0.3, 0.4) is 0 Å². The summed E-state index contributed by atoms with van der Waals surface area (Å²) in [7, 11) is -2.15. The molecule has 0 aliphatic carbocycles.